The Bertz CT molecular complexity index is 1250. The van der Waals surface area contributed by atoms with Gasteiger partial charge in [0.15, 0.2) is 11.6 Å². The predicted octanol–water partition coefficient (Wildman–Crippen LogP) is 3.58. The molecular formula is C23H24F2N4O2S2. The van der Waals surface area contributed by atoms with Gasteiger partial charge in [-0.3, -0.25) is 14.5 Å². The first-order valence-electron chi connectivity index (χ1n) is 11.1. The number of aryl methyl sites for hydroxylation is 2. The molecule has 0 saturated carbocycles. The Morgan fingerprint density at radius 3 is 2.70 bits per heavy atom. The van der Waals surface area contributed by atoms with E-state index in [2.05, 4.69) is 9.88 Å². The molecule has 1 saturated heterocycles. The molecule has 1 amide bonds. The molecule has 10 heteroatoms. The zero-order chi connectivity index (χ0) is 22.9. The van der Waals surface area contributed by atoms with Gasteiger partial charge in [-0.2, -0.15) is 0 Å². The second-order valence-electron chi connectivity index (χ2n) is 8.43. The minimum Gasteiger partial charge on any atom is -0.339 e. The lowest BCUT2D eigenvalue weighted by Gasteiger charge is -2.34. The first-order valence-corrected chi connectivity index (χ1v) is 12.9. The summed E-state index contributed by atoms with van der Waals surface area (Å²) in [5, 5.41) is 0.771. The number of piperazine rings is 1. The number of H-pyrrole nitrogens is 1. The first-order chi connectivity index (χ1) is 16.0. The van der Waals surface area contributed by atoms with Gasteiger partial charge in [0.1, 0.15) is 10.7 Å². The van der Waals surface area contributed by atoms with Crippen LogP contribution in [0.5, 0.6) is 0 Å². The van der Waals surface area contributed by atoms with Crippen LogP contribution in [-0.2, 0) is 24.2 Å². The fraction of sp³-hybridized carbons (Fsp3) is 0.435. The fourth-order valence-electron chi connectivity index (χ4n) is 4.45. The third-order valence-electron chi connectivity index (χ3n) is 6.23. The third-order valence-corrected chi connectivity index (χ3v) is 8.39. The molecule has 5 rings (SSSR count). The molecule has 0 radical (unpaired) electrons. The summed E-state index contributed by atoms with van der Waals surface area (Å²) < 4.78 is 26.4. The van der Waals surface area contributed by atoms with E-state index >= 15 is 0 Å². The number of aromatic amines is 1. The molecule has 3 aromatic rings. The Balaban J connectivity index is 1.16. The number of rotatable bonds is 5. The van der Waals surface area contributed by atoms with E-state index in [4.69, 9.17) is 4.98 Å². The van der Waals surface area contributed by atoms with Gasteiger partial charge in [0, 0.05) is 36.0 Å². The van der Waals surface area contributed by atoms with E-state index < -0.39 is 11.6 Å². The number of fused-ring (bicyclic) bond motifs is 3. The second kappa shape index (κ2) is 9.52. The van der Waals surface area contributed by atoms with Crippen molar-refractivity contribution in [3.05, 3.63) is 56.5 Å². The van der Waals surface area contributed by atoms with Crippen molar-refractivity contribution in [2.75, 3.05) is 31.9 Å². The second-order valence-corrected chi connectivity index (χ2v) is 10.6. The van der Waals surface area contributed by atoms with Crippen molar-refractivity contribution in [3.63, 3.8) is 0 Å². The highest BCUT2D eigenvalue weighted by molar-refractivity contribution is 8.00. The van der Waals surface area contributed by atoms with Gasteiger partial charge in [0.05, 0.1) is 17.7 Å². The van der Waals surface area contributed by atoms with Crippen LogP contribution in [0.15, 0.2) is 27.9 Å². The lowest BCUT2D eigenvalue weighted by molar-refractivity contribution is -0.130. The molecule has 1 aliphatic carbocycles. The highest BCUT2D eigenvalue weighted by Crippen LogP contribution is 2.33. The quantitative estimate of drug-likeness (QED) is 0.554. The number of amides is 1. The number of carbonyl (C=O) groups excluding carboxylic acids is 1. The van der Waals surface area contributed by atoms with Gasteiger partial charge in [-0.1, -0.05) is 0 Å². The van der Waals surface area contributed by atoms with E-state index in [1.54, 1.807) is 16.2 Å². The topological polar surface area (TPSA) is 69.3 Å². The van der Waals surface area contributed by atoms with Crippen molar-refractivity contribution >= 4 is 39.2 Å². The molecule has 0 unspecified atom stereocenters. The maximum atomic E-state index is 13.3. The molecule has 174 valence electrons. The first kappa shape index (κ1) is 22.5. The van der Waals surface area contributed by atoms with Gasteiger partial charge in [0.2, 0.25) is 5.91 Å². The number of nitrogens with one attached hydrogen (secondary N) is 1. The number of hydrogen-bond acceptors (Lipinski definition) is 6. The molecule has 0 spiro atoms. The van der Waals surface area contributed by atoms with Crippen LogP contribution in [0.3, 0.4) is 0 Å². The Labute approximate surface area is 198 Å². The van der Waals surface area contributed by atoms with Crippen molar-refractivity contribution < 1.29 is 13.6 Å². The van der Waals surface area contributed by atoms with Gasteiger partial charge >= 0.3 is 0 Å². The summed E-state index contributed by atoms with van der Waals surface area (Å²) in [6.07, 6.45) is 4.30. The molecule has 33 heavy (non-hydrogen) atoms. The van der Waals surface area contributed by atoms with E-state index in [0.717, 1.165) is 41.6 Å². The van der Waals surface area contributed by atoms with E-state index in [1.165, 1.54) is 34.7 Å². The molecule has 2 aliphatic rings. The van der Waals surface area contributed by atoms with Crippen LogP contribution in [0.1, 0.15) is 29.1 Å². The maximum Gasteiger partial charge on any atom is 0.259 e. The Morgan fingerprint density at radius 2 is 1.91 bits per heavy atom. The zero-order valence-electron chi connectivity index (χ0n) is 18.0. The molecular weight excluding hydrogens is 466 g/mol. The number of benzene rings is 1. The van der Waals surface area contributed by atoms with E-state index in [9.17, 15) is 18.4 Å². The number of thioether (sulfide) groups is 1. The molecule has 3 heterocycles. The lowest BCUT2D eigenvalue weighted by Crippen LogP contribution is -2.49. The Kier molecular flexibility index (Phi) is 6.49. The van der Waals surface area contributed by atoms with Crippen molar-refractivity contribution in [2.24, 2.45) is 0 Å². The fourth-order valence-corrected chi connectivity index (χ4v) is 6.56. The average molecular weight is 491 g/mol. The number of thiophene rings is 1. The standard InChI is InChI=1S/C23H24F2N4O2S2/c24-16-6-5-14(11-17(16)25)32-13-20(30)29-9-7-28(8-10-29)12-19-26-22(31)21-15-3-1-2-4-18(15)33-23(21)27-19/h5-6,11H,1-4,7-10,12-13H2,(H,26,27,31). The van der Waals surface area contributed by atoms with Gasteiger partial charge < -0.3 is 9.88 Å². The number of nitrogens with zero attached hydrogens (tertiary/aromatic N) is 3. The minimum atomic E-state index is -0.909. The van der Waals surface area contributed by atoms with Crippen molar-refractivity contribution in [1.82, 2.24) is 19.8 Å². The van der Waals surface area contributed by atoms with Crippen LogP contribution in [-0.4, -0.2) is 57.6 Å². The number of aromatic nitrogens is 2. The van der Waals surface area contributed by atoms with Gasteiger partial charge in [-0.25, -0.2) is 13.8 Å². The Morgan fingerprint density at radius 1 is 1.12 bits per heavy atom. The highest BCUT2D eigenvalue weighted by Gasteiger charge is 2.23. The van der Waals surface area contributed by atoms with Crippen LogP contribution in [0.25, 0.3) is 10.2 Å². The molecule has 0 atom stereocenters. The van der Waals surface area contributed by atoms with Crippen LogP contribution in [0, 0.1) is 11.6 Å². The summed E-state index contributed by atoms with van der Waals surface area (Å²) >= 11 is 2.85. The molecule has 0 bridgehead atoms. The van der Waals surface area contributed by atoms with Crippen LogP contribution >= 0.6 is 23.1 Å². The summed E-state index contributed by atoms with van der Waals surface area (Å²) in [6, 6.07) is 3.66. The van der Waals surface area contributed by atoms with Crippen LogP contribution in [0.2, 0.25) is 0 Å². The summed E-state index contributed by atoms with van der Waals surface area (Å²) in [5.41, 5.74) is 1.15. The monoisotopic (exact) mass is 490 g/mol. The molecule has 1 fully saturated rings. The molecule has 1 N–H and O–H groups in total. The SMILES string of the molecule is O=C(CSc1ccc(F)c(F)c1)N1CCN(Cc2nc3sc4c(c3c(=O)[nH]2)CCCC4)CC1. The van der Waals surface area contributed by atoms with Crippen molar-refractivity contribution in [2.45, 2.75) is 37.1 Å². The minimum absolute atomic E-state index is 0.0264. The maximum absolute atomic E-state index is 13.3. The largest absolute Gasteiger partial charge is 0.339 e. The van der Waals surface area contributed by atoms with Gasteiger partial charge in [-0.15, -0.1) is 23.1 Å². The lowest BCUT2D eigenvalue weighted by atomic mass is 9.97. The summed E-state index contributed by atoms with van der Waals surface area (Å²) in [7, 11) is 0. The summed E-state index contributed by atoms with van der Waals surface area (Å²) in [6.45, 7) is 3.07. The molecule has 1 aromatic carbocycles. The normalized spacial score (nSPS) is 16.8. The summed E-state index contributed by atoms with van der Waals surface area (Å²) in [4.78, 5) is 39.6. The summed E-state index contributed by atoms with van der Waals surface area (Å²) in [5.74, 6) is -0.981. The number of carbonyl (C=O) groups is 1. The number of hydrogen-bond donors (Lipinski definition) is 1. The van der Waals surface area contributed by atoms with E-state index in [0.29, 0.717) is 43.4 Å². The van der Waals surface area contributed by atoms with Crippen LogP contribution in [0.4, 0.5) is 8.78 Å². The predicted molar refractivity (Wildman–Crippen MR) is 126 cm³/mol. The van der Waals surface area contributed by atoms with E-state index in [1.807, 2.05) is 0 Å². The molecule has 6 nitrogen and oxygen atoms in total. The molecule has 2 aromatic heterocycles. The Hall–Kier alpha value is -2.30. The average Bonchev–Trinajstić information content (AvgIpc) is 3.19. The van der Waals surface area contributed by atoms with Crippen molar-refractivity contribution in [3.8, 4) is 0 Å². The van der Waals surface area contributed by atoms with Gasteiger partial charge in [-0.05, 0) is 49.4 Å². The van der Waals surface area contributed by atoms with E-state index in [-0.39, 0.29) is 17.2 Å². The smallest absolute Gasteiger partial charge is 0.259 e. The molecule has 1 aliphatic heterocycles. The van der Waals surface area contributed by atoms with Crippen LogP contribution < -0.4 is 5.56 Å². The zero-order valence-corrected chi connectivity index (χ0v) is 19.7. The van der Waals surface area contributed by atoms with Crippen molar-refractivity contribution in [1.29, 1.82) is 0 Å². The highest BCUT2D eigenvalue weighted by atomic mass is 32.2. The van der Waals surface area contributed by atoms with Gasteiger partial charge in [0.25, 0.3) is 5.56 Å². The third kappa shape index (κ3) is 4.83. The number of halogens is 2.